The van der Waals surface area contributed by atoms with Crippen LogP contribution in [0.2, 0.25) is 10.0 Å². The van der Waals surface area contributed by atoms with Crippen molar-refractivity contribution >= 4 is 40.8 Å². The number of aromatic nitrogens is 3. The van der Waals surface area contributed by atoms with Gasteiger partial charge in [-0.15, -0.1) is 10.2 Å². The highest BCUT2D eigenvalue weighted by molar-refractivity contribution is 6.36. The lowest BCUT2D eigenvalue weighted by molar-refractivity contribution is 0.0663. The maximum Gasteiger partial charge on any atom is 0.318 e. The molecule has 0 spiro atoms. The second-order valence-corrected chi connectivity index (χ2v) is 7.91. The number of benzene rings is 1. The molecule has 1 aliphatic heterocycles. The molecular weight excluding hydrogens is 427 g/mol. The van der Waals surface area contributed by atoms with Gasteiger partial charge in [-0.25, -0.2) is 4.79 Å². The molecule has 0 aliphatic carbocycles. The fourth-order valence-corrected chi connectivity index (χ4v) is 3.93. The van der Waals surface area contributed by atoms with Crippen LogP contribution < -0.4 is 5.32 Å². The first kappa shape index (κ1) is 20.4. The molecule has 0 saturated carbocycles. The van der Waals surface area contributed by atoms with Gasteiger partial charge in [0.2, 0.25) is 0 Å². The number of carbonyl (C=O) groups excluding carboxylic acids is 2. The Kier molecular flexibility index (Phi) is 5.78. The normalized spacial score (nSPS) is 15.3. The first-order valence-corrected chi connectivity index (χ1v) is 10.3. The molecular formula is C20H20Cl2N6O2. The Morgan fingerprint density at radius 1 is 1.03 bits per heavy atom. The summed E-state index contributed by atoms with van der Waals surface area (Å²) in [5, 5.41) is 12.1. The molecule has 1 atom stereocenters. The quantitative estimate of drug-likeness (QED) is 0.668. The topological polar surface area (TPSA) is 82.8 Å². The van der Waals surface area contributed by atoms with Crippen LogP contribution in [-0.4, -0.2) is 62.5 Å². The molecule has 4 rings (SSSR count). The molecule has 3 amide bonds. The molecule has 8 nitrogen and oxygen atoms in total. The molecule has 0 bridgehead atoms. The van der Waals surface area contributed by atoms with E-state index in [1.54, 1.807) is 28.0 Å². The van der Waals surface area contributed by atoms with Crippen molar-refractivity contribution in [3.63, 3.8) is 0 Å². The van der Waals surface area contributed by atoms with Crippen LogP contribution in [0.25, 0.3) is 5.65 Å². The number of amides is 3. The van der Waals surface area contributed by atoms with Crippen LogP contribution in [0.3, 0.4) is 0 Å². The average molecular weight is 447 g/mol. The number of nitrogens with one attached hydrogen (secondary N) is 1. The fourth-order valence-electron chi connectivity index (χ4n) is 3.44. The van der Waals surface area contributed by atoms with Gasteiger partial charge in [-0.2, -0.15) is 0 Å². The number of rotatable bonds is 3. The summed E-state index contributed by atoms with van der Waals surface area (Å²) in [5.74, 6) is 0.491. The van der Waals surface area contributed by atoms with E-state index >= 15 is 0 Å². The maximum absolute atomic E-state index is 12.7. The number of fused-ring (bicyclic) bond motifs is 1. The van der Waals surface area contributed by atoms with Crippen LogP contribution >= 0.6 is 23.2 Å². The minimum Gasteiger partial charge on any atom is -0.335 e. The summed E-state index contributed by atoms with van der Waals surface area (Å²) >= 11 is 12.1. The third-order valence-electron chi connectivity index (χ3n) is 5.08. The lowest BCUT2D eigenvalue weighted by atomic mass is 10.2. The van der Waals surface area contributed by atoms with Crippen LogP contribution in [0.5, 0.6) is 0 Å². The molecule has 1 saturated heterocycles. The highest BCUT2D eigenvalue weighted by Gasteiger charge is 2.27. The first-order valence-electron chi connectivity index (χ1n) is 9.53. The standard InChI is InChI=1S/C20H20Cl2N6O2/c1-13(18-25-24-17-4-2-3-7-28(17)18)23-20(30)27-10-8-26(9-11-27)19(29)15-6-5-14(21)12-16(15)22/h2-7,12-13H,8-11H2,1H3,(H,23,30). The Balaban J connectivity index is 1.35. The molecule has 1 aromatic carbocycles. The summed E-state index contributed by atoms with van der Waals surface area (Å²) in [7, 11) is 0. The highest BCUT2D eigenvalue weighted by Crippen LogP contribution is 2.23. The SMILES string of the molecule is CC(NC(=O)N1CCN(C(=O)c2ccc(Cl)cc2Cl)CC1)c1nnc2ccccn12. The monoisotopic (exact) mass is 446 g/mol. The van der Waals surface area contributed by atoms with Gasteiger partial charge >= 0.3 is 6.03 Å². The molecule has 3 aromatic rings. The van der Waals surface area contributed by atoms with E-state index in [2.05, 4.69) is 15.5 Å². The van der Waals surface area contributed by atoms with Gasteiger partial charge in [-0.3, -0.25) is 9.20 Å². The van der Waals surface area contributed by atoms with E-state index in [4.69, 9.17) is 23.2 Å². The number of hydrogen-bond donors (Lipinski definition) is 1. The third-order valence-corrected chi connectivity index (χ3v) is 5.63. The van der Waals surface area contributed by atoms with E-state index in [0.29, 0.717) is 47.6 Å². The van der Waals surface area contributed by atoms with Crippen LogP contribution in [0.1, 0.15) is 29.1 Å². The Hall–Kier alpha value is -2.84. The highest BCUT2D eigenvalue weighted by atomic mass is 35.5. The van der Waals surface area contributed by atoms with Crippen molar-refractivity contribution in [1.82, 2.24) is 29.7 Å². The molecule has 3 heterocycles. The summed E-state index contributed by atoms with van der Waals surface area (Å²) in [5.41, 5.74) is 1.13. The van der Waals surface area contributed by atoms with Crippen molar-refractivity contribution < 1.29 is 9.59 Å². The van der Waals surface area contributed by atoms with E-state index in [-0.39, 0.29) is 18.0 Å². The summed E-state index contributed by atoms with van der Waals surface area (Å²) in [6.07, 6.45) is 1.86. The molecule has 10 heteroatoms. The number of carbonyl (C=O) groups is 2. The molecule has 30 heavy (non-hydrogen) atoms. The Morgan fingerprint density at radius 2 is 1.77 bits per heavy atom. The summed E-state index contributed by atoms with van der Waals surface area (Å²) < 4.78 is 1.84. The molecule has 0 radical (unpaired) electrons. The van der Waals surface area contributed by atoms with Crippen LogP contribution in [0, 0.1) is 0 Å². The fraction of sp³-hybridized carbons (Fsp3) is 0.300. The number of pyridine rings is 1. The minimum absolute atomic E-state index is 0.167. The number of piperazine rings is 1. The Bertz CT molecular complexity index is 1090. The summed E-state index contributed by atoms with van der Waals surface area (Å²) in [6.45, 7) is 3.57. The van der Waals surface area contributed by atoms with Crippen molar-refractivity contribution in [3.05, 3.63) is 64.0 Å². The van der Waals surface area contributed by atoms with Crippen molar-refractivity contribution in [2.45, 2.75) is 13.0 Å². The number of urea groups is 1. The van der Waals surface area contributed by atoms with Crippen molar-refractivity contribution in [3.8, 4) is 0 Å². The molecule has 2 aromatic heterocycles. The molecule has 1 aliphatic rings. The van der Waals surface area contributed by atoms with Gasteiger partial charge in [0.25, 0.3) is 5.91 Å². The minimum atomic E-state index is -0.317. The second-order valence-electron chi connectivity index (χ2n) is 7.06. The number of halogens is 2. The zero-order chi connectivity index (χ0) is 21.3. The molecule has 156 valence electrons. The molecule has 1 unspecified atom stereocenters. The van der Waals surface area contributed by atoms with E-state index in [9.17, 15) is 9.59 Å². The maximum atomic E-state index is 12.7. The van der Waals surface area contributed by atoms with Gasteiger partial charge in [-0.1, -0.05) is 29.3 Å². The molecule has 1 N–H and O–H groups in total. The van der Waals surface area contributed by atoms with Crippen LogP contribution in [0.4, 0.5) is 4.79 Å². The third kappa shape index (κ3) is 4.06. The zero-order valence-corrected chi connectivity index (χ0v) is 17.8. The number of nitrogens with zero attached hydrogens (tertiary/aromatic N) is 5. The van der Waals surface area contributed by atoms with Crippen molar-refractivity contribution in [2.75, 3.05) is 26.2 Å². The predicted octanol–water partition coefficient (Wildman–Crippen LogP) is 3.26. The average Bonchev–Trinajstić information content (AvgIpc) is 3.18. The van der Waals surface area contributed by atoms with Gasteiger partial charge in [0.05, 0.1) is 16.6 Å². The van der Waals surface area contributed by atoms with E-state index < -0.39 is 0 Å². The lowest BCUT2D eigenvalue weighted by Gasteiger charge is -2.35. The van der Waals surface area contributed by atoms with Gasteiger partial charge in [0.1, 0.15) is 0 Å². The summed E-state index contributed by atoms with van der Waals surface area (Å²) in [6, 6.07) is 9.92. The van der Waals surface area contributed by atoms with E-state index in [1.807, 2.05) is 35.7 Å². The van der Waals surface area contributed by atoms with Crippen molar-refractivity contribution in [1.29, 1.82) is 0 Å². The van der Waals surface area contributed by atoms with Gasteiger partial charge < -0.3 is 15.1 Å². The Labute approximate surface area is 183 Å². The van der Waals surface area contributed by atoms with Crippen LogP contribution in [0.15, 0.2) is 42.6 Å². The number of hydrogen-bond acceptors (Lipinski definition) is 4. The smallest absolute Gasteiger partial charge is 0.318 e. The van der Waals surface area contributed by atoms with Gasteiger partial charge in [-0.05, 0) is 37.3 Å². The van der Waals surface area contributed by atoms with E-state index in [1.165, 1.54) is 0 Å². The zero-order valence-electron chi connectivity index (χ0n) is 16.3. The molecule has 1 fully saturated rings. The lowest BCUT2D eigenvalue weighted by Crippen LogP contribution is -2.53. The van der Waals surface area contributed by atoms with Crippen molar-refractivity contribution in [2.24, 2.45) is 0 Å². The van der Waals surface area contributed by atoms with E-state index in [0.717, 1.165) is 5.65 Å². The van der Waals surface area contributed by atoms with Gasteiger partial charge in [0.15, 0.2) is 11.5 Å². The van der Waals surface area contributed by atoms with Crippen LogP contribution in [-0.2, 0) is 0 Å². The second kappa shape index (κ2) is 8.49. The predicted molar refractivity (Wildman–Crippen MR) is 114 cm³/mol. The summed E-state index contributed by atoms with van der Waals surface area (Å²) in [4.78, 5) is 28.8. The Morgan fingerprint density at radius 3 is 2.50 bits per heavy atom. The van der Waals surface area contributed by atoms with Gasteiger partial charge in [0, 0.05) is 37.4 Å². The first-order chi connectivity index (χ1) is 14.4. The largest absolute Gasteiger partial charge is 0.335 e.